The van der Waals surface area contributed by atoms with E-state index in [2.05, 4.69) is 19.3 Å². The predicted octanol–water partition coefficient (Wildman–Crippen LogP) is 1.93. The van der Waals surface area contributed by atoms with E-state index in [1.54, 1.807) is 0 Å². The van der Waals surface area contributed by atoms with Crippen molar-refractivity contribution in [1.82, 2.24) is 5.48 Å². The molecule has 0 spiro atoms. The number of nitrogens with one attached hydrogen (secondary N) is 1. The summed E-state index contributed by atoms with van der Waals surface area (Å²) >= 11 is 0. The summed E-state index contributed by atoms with van der Waals surface area (Å²) in [5.41, 5.74) is 2.27. The van der Waals surface area contributed by atoms with Crippen molar-refractivity contribution in [1.29, 1.82) is 0 Å². The molecule has 0 rings (SSSR count). The number of hydroxylamine groups is 1. The highest BCUT2D eigenvalue weighted by Crippen LogP contribution is 2.14. The molecule has 0 aliphatic heterocycles. The molecule has 0 amide bonds. The molecule has 2 N–H and O–H groups in total. The van der Waals surface area contributed by atoms with Crippen molar-refractivity contribution >= 4 is 0 Å². The topological polar surface area (TPSA) is 32.3 Å². The van der Waals surface area contributed by atoms with Gasteiger partial charge < -0.3 is 5.21 Å². The lowest BCUT2D eigenvalue weighted by molar-refractivity contribution is 0.0629. The fraction of sp³-hybridized carbons (Fsp3) is 1.00. The zero-order valence-corrected chi connectivity index (χ0v) is 6.57. The maximum atomic E-state index is 8.67. The number of hydrogen-bond acceptors (Lipinski definition) is 2. The standard InChI is InChI=1S/C7H17NO/c1-4-6-7(3,5-2)8-9/h8-9H,4-6H2,1-3H3. The molecule has 0 bridgehead atoms. The molecule has 1 atom stereocenters. The third-order valence-electron chi connectivity index (χ3n) is 1.85. The van der Waals surface area contributed by atoms with Gasteiger partial charge in [-0.1, -0.05) is 20.3 Å². The van der Waals surface area contributed by atoms with Gasteiger partial charge in [-0.15, -0.1) is 0 Å². The fourth-order valence-electron chi connectivity index (χ4n) is 0.864. The van der Waals surface area contributed by atoms with Crippen LogP contribution in [0.4, 0.5) is 0 Å². The smallest absolute Gasteiger partial charge is 0.0399 e. The first-order chi connectivity index (χ1) is 4.18. The molecule has 0 aromatic rings. The third-order valence-corrected chi connectivity index (χ3v) is 1.85. The third kappa shape index (κ3) is 2.82. The van der Waals surface area contributed by atoms with Crippen LogP contribution in [0.1, 0.15) is 40.0 Å². The Balaban J connectivity index is 3.62. The Hall–Kier alpha value is -0.0800. The van der Waals surface area contributed by atoms with E-state index in [1.165, 1.54) is 0 Å². The van der Waals surface area contributed by atoms with Crippen LogP contribution >= 0.6 is 0 Å². The second-order valence-corrected chi connectivity index (χ2v) is 2.78. The average molecular weight is 131 g/mol. The molecule has 0 heterocycles. The van der Waals surface area contributed by atoms with E-state index < -0.39 is 0 Å². The lowest BCUT2D eigenvalue weighted by Crippen LogP contribution is -2.39. The van der Waals surface area contributed by atoms with E-state index >= 15 is 0 Å². The van der Waals surface area contributed by atoms with E-state index in [0.29, 0.717) is 0 Å². The quantitative estimate of drug-likeness (QED) is 0.571. The van der Waals surface area contributed by atoms with Crippen molar-refractivity contribution in [3.8, 4) is 0 Å². The highest BCUT2D eigenvalue weighted by Gasteiger charge is 2.18. The zero-order chi connectivity index (χ0) is 7.33. The zero-order valence-electron chi connectivity index (χ0n) is 6.57. The minimum atomic E-state index is -0.0608. The van der Waals surface area contributed by atoms with Crippen LogP contribution in [0.15, 0.2) is 0 Å². The van der Waals surface area contributed by atoms with Crippen molar-refractivity contribution in [2.75, 3.05) is 0 Å². The van der Waals surface area contributed by atoms with Crippen LogP contribution in [0, 0.1) is 0 Å². The van der Waals surface area contributed by atoms with Gasteiger partial charge in [-0.25, -0.2) is 0 Å². The molecule has 2 heteroatoms. The molecular formula is C7H17NO. The lowest BCUT2D eigenvalue weighted by atomic mass is 9.94. The van der Waals surface area contributed by atoms with Gasteiger partial charge in [-0.05, 0) is 19.8 Å². The summed E-state index contributed by atoms with van der Waals surface area (Å²) in [6.07, 6.45) is 3.11. The number of rotatable bonds is 4. The van der Waals surface area contributed by atoms with Gasteiger partial charge in [0.05, 0.1) is 0 Å². The summed E-state index contributed by atoms with van der Waals surface area (Å²) in [7, 11) is 0. The summed E-state index contributed by atoms with van der Waals surface area (Å²) in [4.78, 5) is 0. The Morgan fingerprint density at radius 2 is 2.00 bits per heavy atom. The van der Waals surface area contributed by atoms with Crippen molar-refractivity contribution < 1.29 is 5.21 Å². The Morgan fingerprint density at radius 1 is 1.44 bits per heavy atom. The molecule has 9 heavy (non-hydrogen) atoms. The fourth-order valence-corrected chi connectivity index (χ4v) is 0.864. The molecule has 1 unspecified atom stereocenters. The van der Waals surface area contributed by atoms with E-state index in [0.717, 1.165) is 19.3 Å². The van der Waals surface area contributed by atoms with Crippen molar-refractivity contribution in [2.24, 2.45) is 0 Å². The van der Waals surface area contributed by atoms with Crippen LogP contribution in [-0.2, 0) is 0 Å². The molecule has 0 fully saturated rings. The molecule has 56 valence electrons. The Morgan fingerprint density at radius 3 is 2.11 bits per heavy atom. The largest absolute Gasteiger partial charge is 0.316 e. The van der Waals surface area contributed by atoms with Gasteiger partial charge in [0.1, 0.15) is 0 Å². The maximum Gasteiger partial charge on any atom is 0.0399 e. The lowest BCUT2D eigenvalue weighted by Gasteiger charge is -2.25. The highest BCUT2D eigenvalue weighted by atomic mass is 16.5. The molecule has 0 saturated carbocycles. The molecule has 2 nitrogen and oxygen atoms in total. The Labute approximate surface area is 57.2 Å². The van der Waals surface area contributed by atoms with E-state index in [-0.39, 0.29) is 5.54 Å². The van der Waals surface area contributed by atoms with Gasteiger partial charge in [-0.3, -0.25) is 0 Å². The molecule has 0 aliphatic rings. The van der Waals surface area contributed by atoms with E-state index in [9.17, 15) is 0 Å². The average Bonchev–Trinajstić information content (AvgIpc) is 1.89. The molecule has 0 aromatic carbocycles. The summed E-state index contributed by atoms with van der Waals surface area (Å²) in [6.45, 7) is 6.21. The van der Waals surface area contributed by atoms with Crippen LogP contribution in [0.25, 0.3) is 0 Å². The summed E-state index contributed by atoms with van der Waals surface area (Å²) < 4.78 is 0. The van der Waals surface area contributed by atoms with Crippen molar-refractivity contribution in [2.45, 2.75) is 45.6 Å². The van der Waals surface area contributed by atoms with Crippen molar-refractivity contribution in [3.05, 3.63) is 0 Å². The van der Waals surface area contributed by atoms with Crippen LogP contribution in [0.2, 0.25) is 0 Å². The molecule has 0 aromatic heterocycles. The predicted molar refractivity (Wildman–Crippen MR) is 38.5 cm³/mol. The first kappa shape index (κ1) is 8.92. The molecule has 0 saturated heterocycles. The van der Waals surface area contributed by atoms with E-state index in [1.807, 2.05) is 6.92 Å². The molecule has 0 radical (unpaired) electrons. The second kappa shape index (κ2) is 3.85. The van der Waals surface area contributed by atoms with Crippen LogP contribution in [0.5, 0.6) is 0 Å². The van der Waals surface area contributed by atoms with Crippen molar-refractivity contribution in [3.63, 3.8) is 0 Å². The summed E-state index contributed by atoms with van der Waals surface area (Å²) in [6, 6.07) is 0. The maximum absolute atomic E-state index is 8.67. The molecular weight excluding hydrogens is 114 g/mol. The van der Waals surface area contributed by atoms with Crippen LogP contribution in [-0.4, -0.2) is 10.7 Å². The normalized spacial score (nSPS) is 17.3. The van der Waals surface area contributed by atoms with Crippen LogP contribution < -0.4 is 5.48 Å². The van der Waals surface area contributed by atoms with Gasteiger partial charge in [0, 0.05) is 5.54 Å². The van der Waals surface area contributed by atoms with Gasteiger partial charge in [-0.2, -0.15) is 5.48 Å². The summed E-state index contributed by atoms with van der Waals surface area (Å²) in [5, 5.41) is 8.67. The van der Waals surface area contributed by atoms with Gasteiger partial charge in [0.2, 0.25) is 0 Å². The first-order valence-corrected chi connectivity index (χ1v) is 3.59. The Kier molecular flexibility index (Phi) is 3.82. The summed E-state index contributed by atoms with van der Waals surface area (Å²) in [5.74, 6) is 0. The minimum Gasteiger partial charge on any atom is -0.316 e. The Bertz CT molecular complexity index is 69.3. The second-order valence-electron chi connectivity index (χ2n) is 2.78. The van der Waals surface area contributed by atoms with Crippen LogP contribution in [0.3, 0.4) is 0 Å². The monoisotopic (exact) mass is 131 g/mol. The van der Waals surface area contributed by atoms with Gasteiger partial charge >= 0.3 is 0 Å². The molecule has 0 aliphatic carbocycles. The number of hydrogen-bond donors (Lipinski definition) is 2. The van der Waals surface area contributed by atoms with Gasteiger partial charge in [0.25, 0.3) is 0 Å². The first-order valence-electron chi connectivity index (χ1n) is 3.59. The highest BCUT2D eigenvalue weighted by molar-refractivity contribution is 4.75. The minimum absolute atomic E-state index is 0.0608. The van der Waals surface area contributed by atoms with Gasteiger partial charge in [0.15, 0.2) is 0 Å². The SMILES string of the molecule is CCCC(C)(CC)NO. The van der Waals surface area contributed by atoms with E-state index in [4.69, 9.17) is 5.21 Å².